The van der Waals surface area contributed by atoms with Crippen molar-refractivity contribution in [1.82, 2.24) is 4.31 Å². The van der Waals surface area contributed by atoms with E-state index in [0.717, 1.165) is 24.8 Å². The van der Waals surface area contributed by atoms with Crippen LogP contribution >= 0.6 is 0 Å². The third-order valence-electron chi connectivity index (χ3n) is 5.21. The molecular weight excluding hydrogens is 432 g/mol. The normalized spacial score (nSPS) is 14.6. The molecule has 9 heteroatoms. The zero-order chi connectivity index (χ0) is 23.1. The summed E-state index contributed by atoms with van der Waals surface area (Å²) in [5.41, 5.74) is 1.81. The third-order valence-corrected chi connectivity index (χ3v) is 7.25. The van der Waals surface area contributed by atoms with E-state index in [9.17, 15) is 18.0 Å². The number of para-hydroxylation sites is 1. The molecule has 1 fully saturated rings. The van der Waals surface area contributed by atoms with Crippen LogP contribution in [0.1, 0.15) is 30.4 Å². The van der Waals surface area contributed by atoms with Crippen LogP contribution in [-0.2, 0) is 24.3 Å². The first kappa shape index (κ1) is 23.7. The average molecular weight is 461 g/mol. The molecule has 0 radical (unpaired) electrons. The lowest BCUT2D eigenvalue weighted by atomic mass is 10.2. The number of sulfonamides is 1. The molecule has 0 bridgehead atoms. The number of piperidine rings is 1. The lowest BCUT2D eigenvalue weighted by molar-refractivity contribution is -0.149. The predicted molar refractivity (Wildman–Crippen MR) is 120 cm³/mol. The molecule has 1 amide bonds. The van der Waals surface area contributed by atoms with Gasteiger partial charge in [0, 0.05) is 18.8 Å². The number of hydrogen-bond donors (Lipinski definition) is 1. The molecule has 172 valence electrons. The van der Waals surface area contributed by atoms with Crippen LogP contribution in [-0.4, -0.2) is 50.9 Å². The maximum Gasteiger partial charge on any atom is 0.344 e. The standard InChI is InChI=1S/C23H28N2O6S/c1-17-8-4-5-9-20(17)30-16-23(27)31-15-22(26)24-19-11-10-18(2)21(14-19)32(28,29)25-12-6-3-7-13-25/h4-5,8-11,14H,3,6-7,12-13,15-16H2,1-2H3,(H,24,26). The first-order valence-electron chi connectivity index (χ1n) is 10.5. The molecular formula is C23H28N2O6S. The number of amides is 1. The molecule has 32 heavy (non-hydrogen) atoms. The largest absolute Gasteiger partial charge is 0.482 e. The van der Waals surface area contributed by atoms with Gasteiger partial charge in [0.2, 0.25) is 10.0 Å². The average Bonchev–Trinajstić information content (AvgIpc) is 2.79. The van der Waals surface area contributed by atoms with Crippen LogP contribution in [0.4, 0.5) is 5.69 Å². The Bertz CT molecular complexity index is 1080. The quantitative estimate of drug-likeness (QED) is 0.608. The molecule has 0 spiro atoms. The highest BCUT2D eigenvalue weighted by Gasteiger charge is 2.27. The van der Waals surface area contributed by atoms with Crippen molar-refractivity contribution >= 4 is 27.6 Å². The maximum atomic E-state index is 13.0. The van der Waals surface area contributed by atoms with Gasteiger partial charge < -0.3 is 14.8 Å². The zero-order valence-electron chi connectivity index (χ0n) is 18.3. The lowest BCUT2D eigenvalue weighted by Crippen LogP contribution is -2.36. The van der Waals surface area contributed by atoms with Gasteiger partial charge in [-0.15, -0.1) is 0 Å². The predicted octanol–water partition coefficient (Wildman–Crippen LogP) is 3.04. The summed E-state index contributed by atoms with van der Waals surface area (Å²) in [6, 6.07) is 12.0. The first-order valence-corrected chi connectivity index (χ1v) is 12.0. The van der Waals surface area contributed by atoms with Crippen molar-refractivity contribution in [3.05, 3.63) is 53.6 Å². The molecule has 0 unspecified atom stereocenters. The molecule has 1 heterocycles. The van der Waals surface area contributed by atoms with Gasteiger partial charge in [0.25, 0.3) is 5.91 Å². The Labute approximate surface area is 188 Å². The Morgan fingerprint density at radius 2 is 1.69 bits per heavy atom. The number of nitrogens with one attached hydrogen (secondary N) is 1. The Kier molecular flexibility index (Phi) is 7.87. The highest BCUT2D eigenvalue weighted by Crippen LogP contribution is 2.26. The molecule has 0 aromatic heterocycles. The highest BCUT2D eigenvalue weighted by molar-refractivity contribution is 7.89. The van der Waals surface area contributed by atoms with Gasteiger partial charge in [-0.05, 0) is 56.0 Å². The fourth-order valence-electron chi connectivity index (χ4n) is 3.44. The van der Waals surface area contributed by atoms with Crippen LogP contribution in [0.5, 0.6) is 5.75 Å². The van der Waals surface area contributed by atoms with E-state index < -0.39 is 28.5 Å². The molecule has 1 aliphatic rings. The SMILES string of the molecule is Cc1ccccc1OCC(=O)OCC(=O)Nc1ccc(C)c(S(=O)(=O)N2CCCCC2)c1. The summed E-state index contributed by atoms with van der Waals surface area (Å²) in [4.78, 5) is 24.2. The molecule has 1 N–H and O–H groups in total. The smallest absolute Gasteiger partial charge is 0.344 e. The van der Waals surface area contributed by atoms with E-state index in [4.69, 9.17) is 9.47 Å². The van der Waals surface area contributed by atoms with Gasteiger partial charge in [-0.1, -0.05) is 30.7 Å². The van der Waals surface area contributed by atoms with Crippen molar-refractivity contribution in [3.8, 4) is 5.75 Å². The summed E-state index contributed by atoms with van der Waals surface area (Å²) >= 11 is 0. The van der Waals surface area contributed by atoms with E-state index in [-0.39, 0.29) is 11.5 Å². The van der Waals surface area contributed by atoms with Gasteiger partial charge in [-0.3, -0.25) is 4.79 Å². The van der Waals surface area contributed by atoms with E-state index in [2.05, 4.69) is 5.32 Å². The minimum Gasteiger partial charge on any atom is -0.482 e. The molecule has 0 atom stereocenters. The number of nitrogens with zero attached hydrogens (tertiary/aromatic N) is 1. The van der Waals surface area contributed by atoms with E-state index >= 15 is 0 Å². The minimum atomic E-state index is -3.63. The first-order chi connectivity index (χ1) is 15.3. The molecule has 3 rings (SSSR count). The van der Waals surface area contributed by atoms with Crippen molar-refractivity contribution in [2.45, 2.75) is 38.0 Å². The number of carbonyl (C=O) groups excluding carboxylic acids is 2. The van der Waals surface area contributed by atoms with Crippen LogP contribution in [0.2, 0.25) is 0 Å². The number of carbonyl (C=O) groups is 2. The highest BCUT2D eigenvalue weighted by atomic mass is 32.2. The van der Waals surface area contributed by atoms with Crippen molar-refractivity contribution in [1.29, 1.82) is 0 Å². The Morgan fingerprint density at radius 3 is 2.41 bits per heavy atom. The van der Waals surface area contributed by atoms with Crippen LogP contribution in [0.25, 0.3) is 0 Å². The Hall–Kier alpha value is -2.91. The van der Waals surface area contributed by atoms with Gasteiger partial charge in [0.1, 0.15) is 5.75 Å². The van der Waals surface area contributed by atoms with Gasteiger partial charge >= 0.3 is 5.97 Å². The Morgan fingerprint density at radius 1 is 0.969 bits per heavy atom. The van der Waals surface area contributed by atoms with E-state index in [1.807, 2.05) is 19.1 Å². The van der Waals surface area contributed by atoms with Crippen molar-refractivity contribution in [2.24, 2.45) is 0 Å². The number of benzene rings is 2. The second-order valence-corrected chi connectivity index (χ2v) is 9.61. The van der Waals surface area contributed by atoms with Crippen LogP contribution in [0.15, 0.2) is 47.4 Å². The van der Waals surface area contributed by atoms with Crippen molar-refractivity contribution in [2.75, 3.05) is 31.6 Å². The third kappa shape index (κ3) is 6.08. The monoisotopic (exact) mass is 460 g/mol. The van der Waals surface area contributed by atoms with Gasteiger partial charge in [-0.2, -0.15) is 4.31 Å². The van der Waals surface area contributed by atoms with Gasteiger partial charge in [0.15, 0.2) is 13.2 Å². The zero-order valence-corrected chi connectivity index (χ0v) is 19.1. The molecule has 0 saturated carbocycles. The molecule has 1 aliphatic heterocycles. The van der Waals surface area contributed by atoms with E-state index in [1.54, 1.807) is 31.2 Å². The lowest BCUT2D eigenvalue weighted by Gasteiger charge is -2.26. The van der Waals surface area contributed by atoms with Crippen LogP contribution < -0.4 is 10.1 Å². The fraction of sp³-hybridized carbons (Fsp3) is 0.391. The maximum absolute atomic E-state index is 13.0. The van der Waals surface area contributed by atoms with Gasteiger partial charge in [-0.25, -0.2) is 13.2 Å². The molecule has 2 aromatic rings. The van der Waals surface area contributed by atoms with Crippen LogP contribution in [0.3, 0.4) is 0 Å². The minimum absolute atomic E-state index is 0.167. The number of hydrogen-bond acceptors (Lipinski definition) is 6. The van der Waals surface area contributed by atoms with Gasteiger partial charge in [0.05, 0.1) is 4.90 Å². The fourth-order valence-corrected chi connectivity index (χ4v) is 5.21. The summed E-state index contributed by atoms with van der Waals surface area (Å²) in [6.45, 7) is 3.75. The number of rotatable bonds is 8. The Balaban J connectivity index is 1.55. The van der Waals surface area contributed by atoms with Crippen LogP contribution in [0, 0.1) is 13.8 Å². The van der Waals surface area contributed by atoms with Crippen molar-refractivity contribution in [3.63, 3.8) is 0 Å². The number of aryl methyl sites for hydroxylation is 2. The van der Waals surface area contributed by atoms with Crippen molar-refractivity contribution < 1.29 is 27.5 Å². The number of esters is 1. The molecule has 0 aliphatic carbocycles. The second kappa shape index (κ2) is 10.6. The number of ether oxygens (including phenoxy) is 2. The molecule has 1 saturated heterocycles. The summed E-state index contributed by atoms with van der Waals surface area (Å²) in [5.74, 6) is -0.684. The van der Waals surface area contributed by atoms with E-state index in [1.165, 1.54) is 10.4 Å². The second-order valence-electron chi connectivity index (χ2n) is 7.71. The topological polar surface area (TPSA) is 102 Å². The summed E-state index contributed by atoms with van der Waals surface area (Å²) in [6.07, 6.45) is 2.71. The molecule has 8 nitrogen and oxygen atoms in total. The summed E-state index contributed by atoms with van der Waals surface area (Å²) in [5, 5.41) is 2.58. The number of anilines is 1. The summed E-state index contributed by atoms with van der Waals surface area (Å²) < 4.78 is 37.8. The van der Waals surface area contributed by atoms with E-state index in [0.29, 0.717) is 30.1 Å². The summed E-state index contributed by atoms with van der Waals surface area (Å²) in [7, 11) is -3.63. The molecule has 2 aromatic carbocycles.